The highest BCUT2D eigenvalue weighted by atomic mass is 16.2. The van der Waals surface area contributed by atoms with Crippen LogP contribution in [-0.2, 0) is 6.42 Å². The summed E-state index contributed by atoms with van der Waals surface area (Å²) in [6.45, 7) is 2.16. The molecule has 30 heavy (non-hydrogen) atoms. The summed E-state index contributed by atoms with van der Waals surface area (Å²) in [4.78, 5) is 38.9. The largest absolute Gasteiger partial charge is 0.322 e. The van der Waals surface area contributed by atoms with E-state index in [1.165, 1.54) is 5.56 Å². The lowest BCUT2D eigenvalue weighted by molar-refractivity contribution is 0.0925. The van der Waals surface area contributed by atoms with Crippen LogP contribution in [-0.4, -0.2) is 17.7 Å². The Labute approximate surface area is 175 Å². The highest BCUT2D eigenvalue weighted by molar-refractivity contribution is 6.34. The summed E-state index contributed by atoms with van der Waals surface area (Å²) in [7, 11) is 0. The monoisotopic (exact) mass is 398 g/mol. The lowest BCUT2D eigenvalue weighted by atomic mass is 10.1. The van der Waals surface area contributed by atoms with Gasteiger partial charge in [0.2, 0.25) is 0 Å². The van der Waals surface area contributed by atoms with Crippen molar-refractivity contribution in [1.29, 1.82) is 0 Å². The van der Waals surface area contributed by atoms with Gasteiger partial charge < -0.3 is 5.32 Å². The van der Waals surface area contributed by atoms with Crippen molar-refractivity contribution < 1.29 is 14.4 Å². The van der Waals surface area contributed by atoms with E-state index in [4.69, 9.17) is 0 Å². The van der Waals surface area contributed by atoms with Gasteiger partial charge in [-0.05, 0) is 66.9 Å². The molecule has 0 saturated heterocycles. The molecule has 4 rings (SSSR count). The highest BCUT2D eigenvalue weighted by Gasteiger charge is 2.36. The maximum atomic E-state index is 12.6. The SMILES string of the molecule is CCCCc1ccc(NC(=O)c2ccc(N3C(=O)c4ccccc4C3=O)cc2)cc1. The molecule has 3 amide bonds. The molecule has 5 heteroatoms. The van der Waals surface area contributed by atoms with Crippen molar-refractivity contribution >= 4 is 29.1 Å². The molecule has 0 aromatic heterocycles. The quantitative estimate of drug-likeness (QED) is 0.589. The third-order valence-corrected chi connectivity index (χ3v) is 5.21. The van der Waals surface area contributed by atoms with Crippen molar-refractivity contribution in [2.24, 2.45) is 0 Å². The Morgan fingerprint density at radius 3 is 2.00 bits per heavy atom. The van der Waals surface area contributed by atoms with Gasteiger partial charge in [0.1, 0.15) is 0 Å². The number of fused-ring (bicyclic) bond motifs is 1. The number of benzene rings is 3. The molecule has 1 aliphatic heterocycles. The zero-order valence-electron chi connectivity index (χ0n) is 16.7. The minimum Gasteiger partial charge on any atom is -0.322 e. The molecule has 0 fully saturated rings. The van der Waals surface area contributed by atoms with Crippen molar-refractivity contribution in [2.45, 2.75) is 26.2 Å². The van der Waals surface area contributed by atoms with Crippen LogP contribution < -0.4 is 10.2 Å². The number of hydrogen-bond donors (Lipinski definition) is 1. The molecule has 1 heterocycles. The number of amides is 3. The number of carbonyl (C=O) groups is 3. The third kappa shape index (κ3) is 3.74. The maximum absolute atomic E-state index is 12.6. The van der Waals surface area contributed by atoms with E-state index < -0.39 is 0 Å². The van der Waals surface area contributed by atoms with E-state index in [0.29, 0.717) is 22.4 Å². The van der Waals surface area contributed by atoms with Crippen LogP contribution in [0.25, 0.3) is 0 Å². The van der Waals surface area contributed by atoms with Crippen LogP contribution in [0.4, 0.5) is 11.4 Å². The number of carbonyl (C=O) groups excluding carboxylic acids is 3. The van der Waals surface area contributed by atoms with Crippen LogP contribution in [0.5, 0.6) is 0 Å². The predicted molar refractivity (Wildman–Crippen MR) is 117 cm³/mol. The van der Waals surface area contributed by atoms with Gasteiger partial charge in [0.25, 0.3) is 17.7 Å². The maximum Gasteiger partial charge on any atom is 0.266 e. The van der Waals surface area contributed by atoms with Gasteiger partial charge in [0, 0.05) is 11.3 Å². The van der Waals surface area contributed by atoms with Crippen LogP contribution in [0.1, 0.15) is 56.4 Å². The fourth-order valence-electron chi connectivity index (χ4n) is 3.52. The Bertz CT molecular complexity index is 1070. The average Bonchev–Trinajstić information content (AvgIpc) is 3.04. The molecule has 1 N–H and O–H groups in total. The molecule has 0 atom stereocenters. The van der Waals surface area contributed by atoms with E-state index in [-0.39, 0.29) is 17.7 Å². The molecule has 3 aromatic rings. The van der Waals surface area contributed by atoms with Crippen LogP contribution in [0, 0.1) is 0 Å². The van der Waals surface area contributed by atoms with Gasteiger partial charge in [-0.15, -0.1) is 0 Å². The summed E-state index contributed by atoms with van der Waals surface area (Å²) in [5.74, 6) is -0.947. The van der Waals surface area contributed by atoms with E-state index in [2.05, 4.69) is 12.2 Å². The van der Waals surface area contributed by atoms with Gasteiger partial charge in [-0.2, -0.15) is 0 Å². The summed E-state index contributed by atoms with van der Waals surface area (Å²) in [6, 6.07) is 21.1. The first-order chi connectivity index (χ1) is 14.6. The van der Waals surface area contributed by atoms with E-state index in [1.807, 2.05) is 24.3 Å². The number of nitrogens with zero attached hydrogens (tertiary/aromatic N) is 1. The second-order valence-electron chi connectivity index (χ2n) is 7.29. The lowest BCUT2D eigenvalue weighted by Gasteiger charge is -2.14. The van der Waals surface area contributed by atoms with Crippen molar-refractivity contribution in [3.8, 4) is 0 Å². The first-order valence-electron chi connectivity index (χ1n) is 10.1. The van der Waals surface area contributed by atoms with Gasteiger partial charge in [-0.25, -0.2) is 4.90 Å². The van der Waals surface area contributed by atoms with Crippen molar-refractivity contribution in [1.82, 2.24) is 0 Å². The number of nitrogens with one attached hydrogen (secondary N) is 1. The summed E-state index contributed by atoms with van der Waals surface area (Å²) in [5.41, 5.74) is 3.66. The van der Waals surface area contributed by atoms with Crippen LogP contribution in [0.15, 0.2) is 72.8 Å². The standard InChI is InChI=1S/C25H22N2O3/c1-2-3-6-17-9-13-19(14-10-17)26-23(28)18-11-15-20(16-12-18)27-24(29)21-7-4-5-8-22(21)25(27)30/h4-5,7-16H,2-3,6H2,1H3,(H,26,28). The molecule has 150 valence electrons. The fraction of sp³-hybridized carbons (Fsp3) is 0.160. The molecule has 5 nitrogen and oxygen atoms in total. The topological polar surface area (TPSA) is 66.5 Å². The average molecular weight is 398 g/mol. The second kappa shape index (κ2) is 8.33. The predicted octanol–water partition coefficient (Wildman–Crippen LogP) is 5.08. The van der Waals surface area contributed by atoms with Crippen LogP contribution >= 0.6 is 0 Å². The number of anilines is 2. The normalized spacial score (nSPS) is 12.8. The number of unbranched alkanes of at least 4 members (excludes halogenated alkanes) is 1. The molecule has 0 spiro atoms. The Balaban J connectivity index is 1.45. The van der Waals surface area contributed by atoms with Crippen LogP contribution in [0.3, 0.4) is 0 Å². The Morgan fingerprint density at radius 2 is 1.43 bits per heavy atom. The van der Waals surface area contributed by atoms with Gasteiger partial charge in [0.05, 0.1) is 16.8 Å². The van der Waals surface area contributed by atoms with Gasteiger partial charge in [0.15, 0.2) is 0 Å². The molecular formula is C25H22N2O3. The smallest absolute Gasteiger partial charge is 0.266 e. The van der Waals surface area contributed by atoms with E-state index in [9.17, 15) is 14.4 Å². The number of aryl methyl sites for hydroxylation is 1. The molecule has 0 unspecified atom stereocenters. The summed E-state index contributed by atoms with van der Waals surface area (Å²) >= 11 is 0. The molecule has 0 aliphatic carbocycles. The minimum absolute atomic E-state index is 0.245. The summed E-state index contributed by atoms with van der Waals surface area (Å²) in [5, 5.41) is 2.88. The molecule has 1 aliphatic rings. The number of rotatable bonds is 6. The number of imide groups is 1. The second-order valence-corrected chi connectivity index (χ2v) is 7.29. The van der Waals surface area contributed by atoms with Crippen LogP contribution in [0.2, 0.25) is 0 Å². The highest BCUT2D eigenvalue weighted by Crippen LogP contribution is 2.28. The molecule has 3 aromatic carbocycles. The van der Waals surface area contributed by atoms with E-state index in [0.717, 1.165) is 29.8 Å². The molecule has 0 radical (unpaired) electrons. The Morgan fingerprint density at radius 1 is 0.833 bits per heavy atom. The summed E-state index contributed by atoms with van der Waals surface area (Å²) in [6.07, 6.45) is 3.32. The molecule has 0 saturated carbocycles. The van der Waals surface area contributed by atoms with Gasteiger partial charge >= 0.3 is 0 Å². The summed E-state index contributed by atoms with van der Waals surface area (Å²) < 4.78 is 0. The van der Waals surface area contributed by atoms with E-state index in [1.54, 1.807) is 48.5 Å². The Kier molecular flexibility index (Phi) is 5.44. The van der Waals surface area contributed by atoms with Crippen molar-refractivity contribution in [3.05, 3.63) is 95.1 Å². The fourth-order valence-corrected chi connectivity index (χ4v) is 3.52. The Hall–Kier alpha value is -3.73. The molecular weight excluding hydrogens is 376 g/mol. The number of hydrogen-bond acceptors (Lipinski definition) is 3. The van der Waals surface area contributed by atoms with E-state index >= 15 is 0 Å². The van der Waals surface area contributed by atoms with Crippen molar-refractivity contribution in [2.75, 3.05) is 10.2 Å². The zero-order valence-corrected chi connectivity index (χ0v) is 16.7. The minimum atomic E-state index is -0.351. The first kappa shape index (κ1) is 19.6. The first-order valence-corrected chi connectivity index (χ1v) is 10.1. The third-order valence-electron chi connectivity index (χ3n) is 5.21. The van der Waals surface area contributed by atoms with Gasteiger partial charge in [-0.3, -0.25) is 14.4 Å². The zero-order chi connectivity index (χ0) is 21.1. The van der Waals surface area contributed by atoms with Crippen molar-refractivity contribution in [3.63, 3.8) is 0 Å². The lowest BCUT2D eigenvalue weighted by Crippen LogP contribution is -2.29. The van der Waals surface area contributed by atoms with Gasteiger partial charge in [-0.1, -0.05) is 37.6 Å². The molecule has 0 bridgehead atoms.